The number of nitrogens with zero attached hydrogens (tertiary/aromatic N) is 1. The van der Waals surface area contributed by atoms with E-state index < -0.39 is 10.0 Å². The molecule has 0 aliphatic heterocycles. The van der Waals surface area contributed by atoms with Crippen molar-refractivity contribution in [3.8, 4) is 5.75 Å². The summed E-state index contributed by atoms with van der Waals surface area (Å²) in [6.45, 7) is 1.88. The summed E-state index contributed by atoms with van der Waals surface area (Å²) in [6.07, 6.45) is 1.45. The van der Waals surface area contributed by atoms with Crippen molar-refractivity contribution in [1.82, 2.24) is 0 Å². The number of aryl methyl sites for hydroxylation is 1. The molecule has 6 nitrogen and oxygen atoms in total. The molecular weight excluding hydrogens is 448 g/mol. The summed E-state index contributed by atoms with van der Waals surface area (Å²) in [6, 6.07) is 18.0. The lowest BCUT2D eigenvalue weighted by Crippen LogP contribution is -2.23. The van der Waals surface area contributed by atoms with E-state index in [1.165, 1.54) is 25.3 Å². The van der Waals surface area contributed by atoms with Gasteiger partial charge in [-0.15, -0.1) is 0 Å². The molecule has 0 atom stereocenters. The molecule has 0 amide bonds. The van der Waals surface area contributed by atoms with Crippen LogP contribution in [-0.4, -0.2) is 27.0 Å². The smallest absolute Gasteiger partial charge is 0.282 e. The summed E-state index contributed by atoms with van der Waals surface area (Å²) in [4.78, 5) is 13.1. The lowest BCUT2D eigenvalue weighted by Gasteiger charge is -2.19. The standard InChI is InChI=1S/C24H19ClN2O4S/c1-15-7-8-16(25)13-21(15)26-23-14-22(19-5-3-4-6-20(19)24(23)28)27-32(29,30)18-11-9-17(31-2)10-12-18/h3-14,26H,1-2H3. The number of fused-ring (bicyclic) bond motifs is 1. The van der Waals surface area contributed by atoms with Gasteiger partial charge < -0.3 is 10.1 Å². The quantitative estimate of drug-likeness (QED) is 0.570. The van der Waals surface area contributed by atoms with Crippen LogP contribution in [0.15, 0.2) is 87.8 Å². The molecule has 4 rings (SSSR count). The van der Waals surface area contributed by atoms with Crippen molar-refractivity contribution in [3.05, 3.63) is 100 Å². The summed E-state index contributed by atoms with van der Waals surface area (Å²) in [5.74, 6) is 0.272. The van der Waals surface area contributed by atoms with Crippen LogP contribution in [0.1, 0.15) is 21.5 Å². The topological polar surface area (TPSA) is 84.8 Å². The van der Waals surface area contributed by atoms with E-state index in [1.807, 2.05) is 13.0 Å². The van der Waals surface area contributed by atoms with Crippen LogP contribution in [0.2, 0.25) is 5.02 Å². The molecule has 0 spiro atoms. The number of hydrogen-bond donors (Lipinski definition) is 1. The third-order valence-electron chi connectivity index (χ3n) is 5.02. The minimum absolute atomic E-state index is 0.0220. The Morgan fingerprint density at radius 1 is 0.969 bits per heavy atom. The lowest BCUT2D eigenvalue weighted by atomic mass is 9.92. The number of carbonyl (C=O) groups excluding carboxylic acids is 1. The number of ether oxygens (including phenoxy) is 1. The molecule has 8 heteroatoms. The van der Waals surface area contributed by atoms with Crippen LogP contribution in [0.5, 0.6) is 5.75 Å². The van der Waals surface area contributed by atoms with Crippen LogP contribution >= 0.6 is 11.6 Å². The minimum Gasteiger partial charge on any atom is -0.497 e. The second-order valence-electron chi connectivity index (χ2n) is 7.14. The summed E-state index contributed by atoms with van der Waals surface area (Å²) in [5, 5.41) is 3.60. The summed E-state index contributed by atoms with van der Waals surface area (Å²) >= 11 is 6.10. The van der Waals surface area contributed by atoms with Crippen molar-refractivity contribution in [2.24, 2.45) is 4.40 Å². The van der Waals surface area contributed by atoms with E-state index in [0.29, 0.717) is 27.6 Å². The molecule has 1 aliphatic rings. The molecule has 0 radical (unpaired) electrons. The highest BCUT2D eigenvalue weighted by Crippen LogP contribution is 2.28. The SMILES string of the molecule is COc1ccc(S(=O)(=O)N=C2C=C(Nc3cc(Cl)ccc3C)C(=O)c3ccccc32)cc1. The van der Waals surface area contributed by atoms with Gasteiger partial charge in [0.2, 0.25) is 5.78 Å². The number of carbonyl (C=O) groups is 1. The first-order valence-corrected chi connectivity index (χ1v) is 11.5. The summed E-state index contributed by atoms with van der Waals surface area (Å²) in [5.41, 5.74) is 2.71. The molecule has 162 valence electrons. The van der Waals surface area contributed by atoms with Gasteiger partial charge >= 0.3 is 0 Å². The Balaban J connectivity index is 1.81. The average molecular weight is 467 g/mol. The van der Waals surface area contributed by atoms with Crippen LogP contribution in [0.4, 0.5) is 5.69 Å². The van der Waals surface area contributed by atoms with Crippen molar-refractivity contribution in [1.29, 1.82) is 0 Å². The van der Waals surface area contributed by atoms with Crippen molar-refractivity contribution in [2.45, 2.75) is 11.8 Å². The Morgan fingerprint density at radius 3 is 2.34 bits per heavy atom. The minimum atomic E-state index is -4.03. The number of anilines is 1. The number of benzene rings is 3. The number of Topliss-reactive ketones (excluding diaryl/α,β-unsaturated/α-hetero) is 1. The van der Waals surface area contributed by atoms with Crippen LogP contribution in [-0.2, 0) is 10.0 Å². The Labute approximate surface area is 191 Å². The molecule has 0 saturated carbocycles. The van der Waals surface area contributed by atoms with Crippen LogP contribution in [0, 0.1) is 6.92 Å². The molecule has 0 fully saturated rings. The van der Waals surface area contributed by atoms with E-state index in [1.54, 1.807) is 48.5 Å². The van der Waals surface area contributed by atoms with Gasteiger partial charge in [0.05, 0.1) is 23.4 Å². The predicted molar refractivity (Wildman–Crippen MR) is 125 cm³/mol. The molecular formula is C24H19ClN2O4S. The van der Waals surface area contributed by atoms with Gasteiger partial charge in [0.15, 0.2) is 0 Å². The van der Waals surface area contributed by atoms with Crippen molar-refractivity contribution < 1.29 is 17.9 Å². The maximum absolute atomic E-state index is 13.1. The van der Waals surface area contributed by atoms with E-state index in [0.717, 1.165) is 5.56 Å². The van der Waals surface area contributed by atoms with Gasteiger partial charge in [-0.25, -0.2) is 0 Å². The highest BCUT2D eigenvalue weighted by atomic mass is 35.5. The zero-order valence-corrected chi connectivity index (χ0v) is 18.9. The average Bonchev–Trinajstić information content (AvgIpc) is 2.79. The monoisotopic (exact) mass is 466 g/mol. The van der Waals surface area contributed by atoms with Gasteiger partial charge in [-0.1, -0.05) is 41.9 Å². The first kappa shape index (κ1) is 21.8. The first-order valence-electron chi connectivity index (χ1n) is 9.66. The fourth-order valence-electron chi connectivity index (χ4n) is 3.30. The molecule has 1 N–H and O–H groups in total. The van der Waals surface area contributed by atoms with Gasteiger partial charge in [0, 0.05) is 21.8 Å². The third kappa shape index (κ3) is 4.30. The first-order chi connectivity index (χ1) is 15.3. The number of nitrogens with one attached hydrogen (secondary N) is 1. The van der Waals surface area contributed by atoms with E-state index >= 15 is 0 Å². The number of halogens is 1. The maximum atomic E-state index is 13.1. The zero-order chi connectivity index (χ0) is 22.9. The molecule has 0 unspecified atom stereocenters. The molecule has 0 bridgehead atoms. The predicted octanol–water partition coefficient (Wildman–Crippen LogP) is 5.03. The van der Waals surface area contributed by atoms with E-state index in [-0.39, 0.29) is 22.1 Å². The number of ketones is 1. The third-order valence-corrected chi connectivity index (χ3v) is 6.56. The molecule has 0 aromatic heterocycles. The Morgan fingerprint density at radius 2 is 1.66 bits per heavy atom. The molecule has 3 aromatic rings. The highest BCUT2D eigenvalue weighted by Gasteiger charge is 2.26. The molecule has 32 heavy (non-hydrogen) atoms. The van der Waals surface area contributed by atoms with Crippen LogP contribution in [0.3, 0.4) is 0 Å². The van der Waals surface area contributed by atoms with Gasteiger partial charge in [0.25, 0.3) is 10.0 Å². The maximum Gasteiger partial charge on any atom is 0.282 e. The van der Waals surface area contributed by atoms with Crippen LogP contribution in [0.25, 0.3) is 0 Å². The zero-order valence-electron chi connectivity index (χ0n) is 17.3. The molecule has 0 heterocycles. The van der Waals surface area contributed by atoms with Gasteiger partial charge in [-0.3, -0.25) is 4.79 Å². The summed E-state index contributed by atoms with van der Waals surface area (Å²) in [7, 11) is -2.53. The fourth-order valence-corrected chi connectivity index (χ4v) is 4.47. The number of methoxy groups -OCH3 is 1. The Kier molecular flexibility index (Phi) is 5.86. The Bertz CT molecular complexity index is 1380. The van der Waals surface area contributed by atoms with Crippen LogP contribution < -0.4 is 10.1 Å². The molecule has 3 aromatic carbocycles. The van der Waals surface area contributed by atoms with E-state index in [2.05, 4.69) is 9.71 Å². The normalized spacial score (nSPS) is 14.7. The number of rotatable bonds is 5. The van der Waals surface area contributed by atoms with Gasteiger partial charge in [-0.2, -0.15) is 12.8 Å². The van der Waals surface area contributed by atoms with E-state index in [4.69, 9.17) is 16.3 Å². The molecule has 1 aliphatic carbocycles. The van der Waals surface area contributed by atoms with Gasteiger partial charge in [0.1, 0.15) is 5.75 Å². The fraction of sp³-hybridized carbons (Fsp3) is 0.0833. The van der Waals surface area contributed by atoms with E-state index in [9.17, 15) is 13.2 Å². The lowest BCUT2D eigenvalue weighted by molar-refractivity contribution is 0.103. The number of allylic oxidation sites excluding steroid dienone is 2. The van der Waals surface area contributed by atoms with Crippen molar-refractivity contribution in [3.63, 3.8) is 0 Å². The van der Waals surface area contributed by atoms with Crippen molar-refractivity contribution in [2.75, 3.05) is 12.4 Å². The highest BCUT2D eigenvalue weighted by molar-refractivity contribution is 7.90. The largest absolute Gasteiger partial charge is 0.497 e. The second kappa shape index (κ2) is 8.61. The second-order valence-corrected chi connectivity index (χ2v) is 9.18. The molecule has 0 saturated heterocycles. The number of hydrogen-bond acceptors (Lipinski definition) is 5. The van der Waals surface area contributed by atoms with Gasteiger partial charge in [-0.05, 0) is 55.0 Å². The summed E-state index contributed by atoms with van der Waals surface area (Å²) < 4.78 is 35.1. The Hall–Kier alpha value is -3.42. The number of sulfonamides is 1. The van der Waals surface area contributed by atoms with Crippen molar-refractivity contribution >= 4 is 38.8 Å².